The van der Waals surface area contributed by atoms with E-state index < -0.39 is 18.8 Å². The van der Waals surface area contributed by atoms with Gasteiger partial charge < -0.3 is 9.80 Å². The van der Waals surface area contributed by atoms with Crippen LogP contribution < -0.4 is 0 Å². The number of likely N-dealkylation sites (N-methyl/N-ethyl adjacent to an activating group) is 2. The molecule has 0 aliphatic heterocycles. The lowest BCUT2D eigenvalue weighted by Crippen LogP contribution is -2.38. The van der Waals surface area contributed by atoms with E-state index in [9.17, 15) is 22.4 Å². The molecule has 1 amide bonds. The minimum Gasteiger partial charge on any atom is -0.341 e. The van der Waals surface area contributed by atoms with E-state index in [0.29, 0.717) is 32.6 Å². The standard InChI is InChI=1S/C28H31F4N3O/c1-3-35(27(36)18-21-12-14-33-15-13-21)17-16-34(2)20-22-4-6-23(7-5-22)24-8-10-25(11-9-24)26(19-29)28(30,31)32/h4-15,26H,3,16-20H2,1-2H3. The summed E-state index contributed by atoms with van der Waals surface area (Å²) in [6.07, 6.45) is -0.885. The molecule has 8 heteroatoms. The minimum absolute atomic E-state index is 0.0765. The molecular weight excluding hydrogens is 470 g/mol. The molecule has 0 radical (unpaired) electrons. The van der Waals surface area contributed by atoms with Crippen LogP contribution in [0.25, 0.3) is 11.1 Å². The summed E-state index contributed by atoms with van der Waals surface area (Å²) in [4.78, 5) is 20.6. The summed E-state index contributed by atoms with van der Waals surface area (Å²) in [6, 6.07) is 17.3. The van der Waals surface area contributed by atoms with Crippen molar-refractivity contribution in [3.05, 3.63) is 89.7 Å². The van der Waals surface area contributed by atoms with Gasteiger partial charge in [0.1, 0.15) is 12.6 Å². The van der Waals surface area contributed by atoms with E-state index >= 15 is 0 Å². The van der Waals surface area contributed by atoms with Crippen molar-refractivity contribution >= 4 is 5.91 Å². The number of nitrogens with zero attached hydrogens (tertiary/aromatic N) is 3. The molecule has 0 aliphatic rings. The van der Waals surface area contributed by atoms with Crippen molar-refractivity contribution in [1.29, 1.82) is 0 Å². The van der Waals surface area contributed by atoms with Gasteiger partial charge in [0, 0.05) is 38.6 Å². The number of hydrogen-bond donors (Lipinski definition) is 0. The SMILES string of the molecule is CCN(CCN(C)Cc1ccc(-c2ccc(C(CF)C(F)(F)F)cc2)cc1)C(=O)Cc1ccncc1. The minimum atomic E-state index is -4.61. The molecule has 0 saturated heterocycles. The summed E-state index contributed by atoms with van der Waals surface area (Å²) in [5.74, 6) is -2.01. The maximum absolute atomic E-state index is 13.0. The third-order valence-corrected chi connectivity index (χ3v) is 6.19. The fourth-order valence-corrected chi connectivity index (χ4v) is 4.00. The Hall–Kier alpha value is -3.26. The molecule has 3 rings (SSSR count). The van der Waals surface area contributed by atoms with E-state index in [4.69, 9.17) is 0 Å². The summed E-state index contributed by atoms with van der Waals surface area (Å²) in [5, 5.41) is 0. The first kappa shape index (κ1) is 27.3. The first-order valence-corrected chi connectivity index (χ1v) is 11.9. The van der Waals surface area contributed by atoms with Crippen LogP contribution in [0.5, 0.6) is 0 Å². The van der Waals surface area contributed by atoms with Gasteiger partial charge in [0.05, 0.1) is 6.42 Å². The zero-order valence-electron chi connectivity index (χ0n) is 20.5. The van der Waals surface area contributed by atoms with Gasteiger partial charge in [-0.05, 0) is 53.9 Å². The molecule has 1 atom stereocenters. The van der Waals surface area contributed by atoms with Gasteiger partial charge in [0.15, 0.2) is 0 Å². The Kier molecular flexibility index (Phi) is 9.58. The highest BCUT2D eigenvalue weighted by atomic mass is 19.4. The van der Waals surface area contributed by atoms with Crippen LogP contribution in [0.3, 0.4) is 0 Å². The fraction of sp³-hybridized carbons (Fsp3) is 0.357. The monoisotopic (exact) mass is 501 g/mol. The lowest BCUT2D eigenvalue weighted by atomic mass is 9.96. The highest BCUT2D eigenvalue weighted by Crippen LogP contribution is 2.36. The Balaban J connectivity index is 1.53. The number of amides is 1. The molecular formula is C28H31F4N3O. The number of alkyl halides is 4. The molecule has 0 fully saturated rings. The molecule has 1 aromatic heterocycles. The van der Waals surface area contributed by atoms with E-state index in [0.717, 1.165) is 22.3 Å². The Bertz CT molecular complexity index is 1090. The zero-order chi connectivity index (χ0) is 26.1. The number of hydrogen-bond acceptors (Lipinski definition) is 3. The maximum Gasteiger partial charge on any atom is 0.398 e. The molecule has 192 valence electrons. The predicted molar refractivity (Wildman–Crippen MR) is 133 cm³/mol. The third-order valence-electron chi connectivity index (χ3n) is 6.19. The lowest BCUT2D eigenvalue weighted by molar-refractivity contribution is -0.153. The molecule has 36 heavy (non-hydrogen) atoms. The van der Waals surface area contributed by atoms with E-state index in [1.165, 1.54) is 12.1 Å². The summed E-state index contributed by atoms with van der Waals surface area (Å²) < 4.78 is 51.8. The van der Waals surface area contributed by atoms with E-state index in [1.54, 1.807) is 24.5 Å². The summed E-state index contributed by atoms with van der Waals surface area (Å²) in [5.41, 5.74) is 3.59. The van der Waals surface area contributed by atoms with Gasteiger partial charge in [0.2, 0.25) is 5.91 Å². The molecule has 3 aromatic rings. The first-order valence-electron chi connectivity index (χ1n) is 11.9. The number of pyridine rings is 1. The van der Waals surface area contributed by atoms with Crippen molar-refractivity contribution in [2.24, 2.45) is 0 Å². The second-order valence-corrected chi connectivity index (χ2v) is 8.81. The van der Waals surface area contributed by atoms with Crippen LogP contribution in [0.15, 0.2) is 73.1 Å². The van der Waals surface area contributed by atoms with Gasteiger partial charge in [0.25, 0.3) is 0 Å². The molecule has 0 N–H and O–H groups in total. The van der Waals surface area contributed by atoms with Crippen molar-refractivity contribution < 1.29 is 22.4 Å². The van der Waals surface area contributed by atoms with Crippen LogP contribution in [0.2, 0.25) is 0 Å². The van der Waals surface area contributed by atoms with Gasteiger partial charge in [-0.15, -0.1) is 0 Å². The largest absolute Gasteiger partial charge is 0.398 e. The van der Waals surface area contributed by atoms with Gasteiger partial charge in [-0.25, -0.2) is 0 Å². The van der Waals surface area contributed by atoms with E-state index in [1.807, 2.05) is 55.3 Å². The first-order chi connectivity index (χ1) is 17.2. The Morgan fingerprint density at radius 2 is 1.47 bits per heavy atom. The number of aromatic nitrogens is 1. The molecule has 0 saturated carbocycles. The fourth-order valence-electron chi connectivity index (χ4n) is 4.00. The molecule has 4 nitrogen and oxygen atoms in total. The molecule has 0 bridgehead atoms. The Morgan fingerprint density at radius 3 is 2.00 bits per heavy atom. The lowest BCUT2D eigenvalue weighted by Gasteiger charge is -2.25. The number of rotatable bonds is 11. The Morgan fingerprint density at radius 1 is 0.889 bits per heavy atom. The second-order valence-electron chi connectivity index (χ2n) is 8.81. The van der Waals surface area contributed by atoms with Crippen molar-refractivity contribution in [3.8, 4) is 11.1 Å². The zero-order valence-corrected chi connectivity index (χ0v) is 20.5. The number of carbonyl (C=O) groups excluding carboxylic acids is 1. The van der Waals surface area contributed by atoms with Crippen LogP contribution in [0, 0.1) is 0 Å². The maximum atomic E-state index is 13.0. The third kappa shape index (κ3) is 7.62. The molecule has 0 aliphatic carbocycles. The number of benzene rings is 2. The van der Waals surface area contributed by atoms with E-state index in [2.05, 4.69) is 9.88 Å². The number of carbonyl (C=O) groups is 1. The van der Waals surface area contributed by atoms with Crippen molar-refractivity contribution in [2.75, 3.05) is 33.4 Å². The van der Waals surface area contributed by atoms with Crippen molar-refractivity contribution in [3.63, 3.8) is 0 Å². The smallest absolute Gasteiger partial charge is 0.341 e. The second kappa shape index (κ2) is 12.6. The van der Waals surface area contributed by atoms with Crippen LogP contribution in [-0.2, 0) is 17.8 Å². The quantitative estimate of drug-likeness (QED) is 0.308. The average molecular weight is 502 g/mol. The van der Waals surface area contributed by atoms with Crippen molar-refractivity contribution in [1.82, 2.24) is 14.8 Å². The van der Waals surface area contributed by atoms with Gasteiger partial charge in [-0.1, -0.05) is 48.5 Å². The molecule has 0 spiro atoms. The average Bonchev–Trinajstić information content (AvgIpc) is 2.85. The Labute approximate surface area is 209 Å². The van der Waals surface area contributed by atoms with Crippen LogP contribution in [0.4, 0.5) is 17.6 Å². The van der Waals surface area contributed by atoms with Crippen LogP contribution in [-0.4, -0.2) is 60.2 Å². The van der Waals surface area contributed by atoms with Gasteiger partial charge in [-0.2, -0.15) is 13.2 Å². The van der Waals surface area contributed by atoms with Gasteiger partial charge in [-0.3, -0.25) is 14.2 Å². The topological polar surface area (TPSA) is 36.4 Å². The van der Waals surface area contributed by atoms with E-state index in [-0.39, 0.29) is 11.5 Å². The highest BCUT2D eigenvalue weighted by Gasteiger charge is 2.40. The predicted octanol–water partition coefficient (Wildman–Crippen LogP) is 5.89. The number of halogens is 4. The molecule has 1 unspecified atom stereocenters. The molecule has 2 aromatic carbocycles. The summed E-state index contributed by atoms with van der Waals surface area (Å²) in [6.45, 7) is 3.17. The van der Waals surface area contributed by atoms with Crippen LogP contribution >= 0.6 is 0 Å². The summed E-state index contributed by atoms with van der Waals surface area (Å²) in [7, 11) is 2.00. The normalized spacial score (nSPS) is 12.5. The van der Waals surface area contributed by atoms with Crippen LogP contribution in [0.1, 0.15) is 29.5 Å². The van der Waals surface area contributed by atoms with Crippen molar-refractivity contribution in [2.45, 2.75) is 32.0 Å². The highest BCUT2D eigenvalue weighted by molar-refractivity contribution is 5.78. The van der Waals surface area contributed by atoms with Gasteiger partial charge >= 0.3 is 6.18 Å². The summed E-state index contributed by atoms with van der Waals surface area (Å²) >= 11 is 0. The molecule has 1 heterocycles.